The number of halogens is 1. The molecular weight excluding hydrogens is 466 g/mol. The second-order valence-corrected chi connectivity index (χ2v) is 11.8. The van der Waals surface area contributed by atoms with E-state index < -0.39 is 27.5 Å². The largest absolute Gasteiger partial charge is 0.492 e. The highest BCUT2D eigenvalue weighted by atomic mass is 35.5. The van der Waals surface area contributed by atoms with Gasteiger partial charge in [-0.05, 0) is 56.7 Å². The highest BCUT2D eigenvalue weighted by molar-refractivity contribution is 7.90. The lowest BCUT2D eigenvalue weighted by Crippen LogP contribution is -2.32. The van der Waals surface area contributed by atoms with Crippen LogP contribution in [0.1, 0.15) is 67.9 Å². The van der Waals surface area contributed by atoms with Crippen LogP contribution >= 0.6 is 11.6 Å². The second kappa shape index (κ2) is 8.17. The van der Waals surface area contributed by atoms with Gasteiger partial charge in [-0.1, -0.05) is 24.4 Å². The first-order valence-corrected chi connectivity index (χ1v) is 13.4. The van der Waals surface area contributed by atoms with Gasteiger partial charge in [0.25, 0.3) is 5.56 Å². The molecule has 33 heavy (non-hydrogen) atoms. The van der Waals surface area contributed by atoms with Crippen molar-refractivity contribution in [3.63, 3.8) is 0 Å². The summed E-state index contributed by atoms with van der Waals surface area (Å²) in [5.41, 5.74) is 0.693. The van der Waals surface area contributed by atoms with Gasteiger partial charge in [-0.15, -0.1) is 0 Å². The summed E-state index contributed by atoms with van der Waals surface area (Å²) in [6, 6.07) is 4.34. The van der Waals surface area contributed by atoms with Crippen molar-refractivity contribution in [3.05, 3.63) is 44.7 Å². The number of hydrogen-bond acceptors (Lipinski definition) is 6. The molecule has 0 bridgehead atoms. The van der Waals surface area contributed by atoms with Crippen LogP contribution < -0.4 is 10.3 Å². The van der Waals surface area contributed by atoms with Crippen LogP contribution in [0.15, 0.2) is 27.9 Å². The molecule has 0 spiro atoms. The predicted octanol–water partition coefficient (Wildman–Crippen LogP) is 4.54. The van der Waals surface area contributed by atoms with E-state index in [1.165, 1.54) is 25.0 Å². The summed E-state index contributed by atoms with van der Waals surface area (Å²) < 4.78 is 39.1. The number of benzene rings is 1. The number of pyridine rings is 1. The number of sulfone groups is 1. The van der Waals surface area contributed by atoms with E-state index in [1.54, 1.807) is 24.5 Å². The zero-order valence-electron chi connectivity index (χ0n) is 18.6. The van der Waals surface area contributed by atoms with E-state index in [2.05, 4.69) is 0 Å². The molecule has 9 heteroatoms. The molecule has 0 unspecified atom stereocenters. The van der Waals surface area contributed by atoms with Crippen molar-refractivity contribution in [2.24, 2.45) is 5.92 Å². The van der Waals surface area contributed by atoms with Gasteiger partial charge >= 0.3 is 5.97 Å². The minimum Gasteiger partial charge on any atom is -0.492 e. The maximum atomic E-state index is 13.3. The Kier molecular flexibility index (Phi) is 5.56. The topological polar surface area (TPSA) is 91.7 Å². The van der Waals surface area contributed by atoms with Gasteiger partial charge in [0.2, 0.25) is 0 Å². The summed E-state index contributed by atoms with van der Waals surface area (Å²) in [6.07, 6.45) is 4.50. The molecule has 2 fully saturated rings. The SMILES string of the molecule is CC(C)OC(=O)c1cc2c(n(C3CC3)c1=O)-c1cc(Cl)c(OCCC3CC3)cc1S(=O)(=O)C2. The number of fused-ring (bicyclic) bond motifs is 3. The lowest BCUT2D eigenvalue weighted by Gasteiger charge is -2.26. The van der Waals surface area contributed by atoms with Gasteiger partial charge in [0.1, 0.15) is 11.3 Å². The summed E-state index contributed by atoms with van der Waals surface area (Å²) in [4.78, 5) is 26.0. The molecule has 2 saturated carbocycles. The van der Waals surface area contributed by atoms with Crippen molar-refractivity contribution in [1.29, 1.82) is 0 Å². The van der Waals surface area contributed by atoms with Crippen LogP contribution in [0, 0.1) is 5.92 Å². The summed E-state index contributed by atoms with van der Waals surface area (Å²) in [5, 5.41) is 0.297. The lowest BCUT2D eigenvalue weighted by atomic mass is 10.0. The number of aromatic nitrogens is 1. The lowest BCUT2D eigenvalue weighted by molar-refractivity contribution is 0.0375. The molecule has 1 aliphatic heterocycles. The highest BCUT2D eigenvalue weighted by Crippen LogP contribution is 2.46. The first kappa shape index (κ1) is 22.5. The highest BCUT2D eigenvalue weighted by Gasteiger charge is 2.38. The van der Waals surface area contributed by atoms with Gasteiger partial charge in [0.15, 0.2) is 9.84 Å². The molecule has 0 radical (unpaired) electrons. The third-order valence-electron chi connectivity index (χ3n) is 6.24. The van der Waals surface area contributed by atoms with Gasteiger partial charge in [-0.2, -0.15) is 0 Å². The molecule has 0 saturated heterocycles. The Morgan fingerprint density at radius 3 is 2.55 bits per heavy atom. The molecule has 2 aromatic rings. The second-order valence-electron chi connectivity index (χ2n) is 9.41. The van der Waals surface area contributed by atoms with Crippen LogP contribution in [0.25, 0.3) is 11.3 Å². The van der Waals surface area contributed by atoms with E-state index >= 15 is 0 Å². The van der Waals surface area contributed by atoms with Crippen LogP contribution in [-0.2, 0) is 20.3 Å². The van der Waals surface area contributed by atoms with Crippen molar-refractivity contribution in [2.45, 2.75) is 68.7 Å². The number of ether oxygens (including phenoxy) is 2. The minimum absolute atomic E-state index is 0.0834. The molecular formula is C24H26ClNO6S. The quantitative estimate of drug-likeness (QED) is 0.528. The van der Waals surface area contributed by atoms with Crippen LogP contribution in [-0.4, -0.2) is 31.7 Å². The molecule has 0 N–H and O–H groups in total. The molecule has 0 amide bonds. The van der Waals surface area contributed by atoms with Gasteiger partial charge in [0.05, 0.1) is 34.1 Å². The smallest absolute Gasteiger partial charge is 0.344 e. The summed E-state index contributed by atoms with van der Waals surface area (Å²) in [6.45, 7) is 3.87. The first-order valence-electron chi connectivity index (χ1n) is 11.3. The zero-order valence-corrected chi connectivity index (χ0v) is 20.2. The Bertz CT molecular complexity index is 1310. The van der Waals surface area contributed by atoms with Crippen LogP contribution in [0.3, 0.4) is 0 Å². The van der Waals surface area contributed by atoms with Gasteiger partial charge in [-0.25, -0.2) is 13.2 Å². The standard InChI is InChI=1S/C24H26ClNO6S/c1-13(2)32-24(28)18-9-15-12-33(29,30)21-11-20(31-8-7-14-3-4-14)19(25)10-17(21)22(15)26(23(18)27)16-5-6-16/h9-11,13-14,16H,3-8,12H2,1-2H3. The third-order valence-corrected chi connectivity index (χ3v) is 8.23. The molecule has 0 atom stereocenters. The van der Waals surface area contributed by atoms with Crippen molar-refractivity contribution in [1.82, 2.24) is 4.57 Å². The first-order chi connectivity index (χ1) is 15.7. The monoisotopic (exact) mass is 491 g/mol. The van der Waals surface area contributed by atoms with E-state index in [4.69, 9.17) is 21.1 Å². The summed E-state index contributed by atoms with van der Waals surface area (Å²) in [7, 11) is -3.73. The Morgan fingerprint density at radius 1 is 1.18 bits per heavy atom. The Hall–Kier alpha value is -2.32. The zero-order chi connectivity index (χ0) is 23.5. The Labute approximate surface area is 197 Å². The Morgan fingerprint density at radius 2 is 1.91 bits per heavy atom. The minimum atomic E-state index is -3.73. The van der Waals surface area contributed by atoms with Gasteiger partial charge in [-0.3, -0.25) is 4.79 Å². The fourth-order valence-electron chi connectivity index (χ4n) is 4.32. The molecule has 7 nitrogen and oxygen atoms in total. The molecule has 1 aromatic carbocycles. The van der Waals surface area contributed by atoms with E-state index in [1.807, 2.05) is 0 Å². The molecule has 176 valence electrons. The fraction of sp³-hybridized carbons (Fsp3) is 0.500. The van der Waals surface area contributed by atoms with E-state index in [-0.39, 0.29) is 22.3 Å². The summed E-state index contributed by atoms with van der Waals surface area (Å²) in [5.74, 6) is -0.0390. The van der Waals surface area contributed by atoms with Crippen molar-refractivity contribution in [2.75, 3.05) is 6.61 Å². The van der Waals surface area contributed by atoms with Crippen molar-refractivity contribution >= 4 is 27.4 Å². The van der Waals surface area contributed by atoms with Crippen molar-refractivity contribution < 1.29 is 22.7 Å². The van der Waals surface area contributed by atoms with Gasteiger partial charge < -0.3 is 14.0 Å². The predicted molar refractivity (Wildman–Crippen MR) is 124 cm³/mol. The summed E-state index contributed by atoms with van der Waals surface area (Å²) >= 11 is 6.50. The molecule has 2 heterocycles. The van der Waals surface area contributed by atoms with Crippen molar-refractivity contribution in [3.8, 4) is 17.0 Å². The number of rotatable bonds is 7. The maximum Gasteiger partial charge on any atom is 0.344 e. The molecule has 3 aliphatic rings. The molecule has 5 rings (SSSR count). The maximum absolute atomic E-state index is 13.3. The normalized spacial score (nSPS) is 18.5. The Balaban J connectivity index is 1.64. The number of hydrogen-bond donors (Lipinski definition) is 0. The average molecular weight is 492 g/mol. The molecule has 2 aliphatic carbocycles. The average Bonchev–Trinajstić information content (AvgIpc) is 3.63. The number of esters is 1. The van der Waals surface area contributed by atoms with Crippen LogP contribution in [0.4, 0.5) is 0 Å². The van der Waals surface area contributed by atoms with Crippen LogP contribution in [0.5, 0.6) is 5.75 Å². The van der Waals surface area contributed by atoms with E-state index in [0.717, 1.165) is 19.3 Å². The number of carbonyl (C=O) groups is 1. The number of nitrogens with zero attached hydrogens (tertiary/aromatic N) is 1. The van der Waals surface area contributed by atoms with E-state index in [0.29, 0.717) is 40.1 Å². The van der Waals surface area contributed by atoms with Gasteiger partial charge in [0, 0.05) is 17.7 Å². The third kappa shape index (κ3) is 4.30. The fourth-order valence-corrected chi connectivity index (χ4v) is 6.10. The van der Waals surface area contributed by atoms with Crippen LogP contribution in [0.2, 0.25) is 5.02 Å². The molecule has 1 aromatic heterocycles. The van der Waals surface area contributed by atoms with E-state index in [9.17, 15) is 18.0 Å². The number of carbonyl (C=O) groups excluding carboxylic acids is 1.